The van der Waals surface area contributed by atoms with Crippen LogP contribution in [0.3, 0.4) is 0 Å². The van der Waals surface area contributed by atoms with Gasteiger partial charge in [0, 0.05) is 11.6 Å². The van der Waals surface area contributed by atoms with Gasteiger partial charge < -0.3 is 0 Å². The number of benzene rings is 2. The largest absolute Gasteiger partial charge is 0.289 e. The average Bonchev–Trinajstić information content (AvgIpc) is 2.46. The van der Waals surface area contributed by atoms with Gasteiger partial charge in [0.15, 0.2) is 5.78 Å². The third-order valence-electron chi connectivity index (χ3n) is 2.69. The molecule has 2 aromatic rings. The van der Waals surface area contributed by atoms with Gasteiger partial charge in [-0.05, 0) is 24.3 Å². The van der Waals surface area contributed by atoms with Crippen LogP contribution in [0.4, 0.5) is 10.1 Å². The first-order valence-corrected chi connectivity index (χ1v) is 5.80. The Morgan fingerprint density at radius 1 is 1.10 bits per heavy atom. The quantitative estimate of drug-likeness (QED) is 0.369. The molecule has 5 heteroatoms. The van der Waals surface area contributed by atoms with E-state index in [0.29, 0.717) is 0 Å². The van der Waals surface area contributed by atoms with Crippen molar-refractivity contribution in [3.63, 3.8) is 0 Å². The van der Waals surface area contributed by atoms with Gasteiger partial charge in [-0.1, -0.05) is 30.3 Å². The third kappa shape index (κ3) is 2.95. The first-order chi connectivity index (χ1) is 9.59. The number of hydrogen-bond donors (Lipinski definition) is 0. The maximum absolute atomic E-state index is 13.4. The molecule has 0 bridgehead atoms. The Kier molecular flexibility index (Phi) is 4.00. The number of allylic oxidation sites excluding steroid dienone is 1. The molecule has 0 heterocycles. The molecule has 0 aromatic heterocycles. The number of ketones is 1. The average molecular weight is 271 g/mol. The molecule has 0 aliphatic rings. The number of halogens is 1. The highest BCUT2D eigenvalue weighted by Crippen LogP contribution is 2.19. The van der Waals surface area contributed by atoms with E-state index in [0.717, 1.165) is 6.08 Å². The highest BCUT2D eigenvalue weighted by molar-refractivity contribution is 6.09. The van der Waals surface area contributed by atoms with Crippen LogP contribution in [-0.2, 0) is 0 Å². The zero-order valence-corrected chi connectivity index (χ0v) is 10.3. The van der Waals surface area contributed by atoms with E-state index in [2.05, 4.69) is 0 Å². The summed E-state index contributed by atoms with van der Waals surface area (Å²) in [5, 5.41) is 10.8. The fourth-order valence-electron chi connectivity index (χ4n) is 1.71. The van der Waals surface area contributed by atoms with Gasteiger partial charge in [-0.3, -0.25) is 14.9 Å². The van der Waals surface area contributed by atoms with Crippen LogP contribution in [0, 0.1) is 15.9 Å². The number of nitrogens with zero attached hydrogens (tertiary/aromatic N) is 1. The number of carbonyl (C=O) groups is 1. The maximum Gasteiger partial charge on any atom is 0.280 e. The molecule has 2 aromatic carbocycles. The van der Waals surface area contributed by atoms with Crippen LogP contribution >= 0.6 is 0 Å². The van der Waals surface area contributed by atoms with Crippen LogP contribution in [0.2, 0.25) is 0 Å². The Bertz CT molecular complexity index is 695. The number of rotatable bonds is 4. The number of hydrogen-bond acceptors (Lipinski definition) is 3. The van der Waals surface area contributed by atoms with E-state index in [1.807, 2.05) is 0 Å². The van der Waals surface area contributed by atoms with E-state index >= 15 is 0 Å². The topological polar surface area (TPSA) is 60.2 Å². The smallest absolute Gasteiger partial charge is 0.280 e. The van der Waals surface area contributed by atoms with Gasteiger partial charge in [0.25, 0.3) is 5.69 Å². The molecule has 0 fully saturated rings. The van der Waals surface area contributed by atoms with Crippen LogP contribution in [0.15, 0.2) is 54.6 Å². The van der Waals surface area contributed by atoms with E-state index in [1.165, 1.54) is 48.5 Å². The third-order valence-corrected chi connectivity index (χ3v) is 2.69. The van der Waals surface area contributed by atoms with Crippen molar-refractivity contribution in [3.05, 3.63) is 81.7 Å². The molecule has 0 aliphatic carbocycles. The van der Waals surface area contributed by atoms with Crippen molar-refractivity contribution in [2.45, 2.75) is 0 Å². The first-order valence-electron chi connectivity index (χ1n) is 5.80. The van der Waals surface area contributed by atoms with Gasteiger partial charge >= 0.3 is 0 Å². The van der Waals surface area contributed by atoms with Gasteiger partial charge in [-0.2, -0.15) is 0 Å². The van der Waals surface area contributed by atoms with E-state index in [-0.39, 0.29) is 16.8 Å². The molecular weight excluding hydrogens is 261 g/mol. The molecule has 0 saturated heterocycles. The van der Waals surface area contributed by atoms with E-state index in [4.69, 9.17) is 0 Å². The number of nitro groups is 1. The van der Waals surface area contributed by atoms with E-state index in [1.54, 1.807) is 6.07 Å². The van der Waals surface area contributed by atoms with Crippen molar-refractivity contribution < 1.29 is 14.1 Å². The number of carbonyl (C=O) groups excluding carboxylic acids is 1. The van der Waals surface area contributed by atoms with Crippen molar-refractivity contribution in [2.24, 2.45) is 0 Å². The molecule has 4 nitrogen and oxygen atoms in total. The molecular formula is C15H10FNO3. The Hall–Kier alpha value is -2.82. The summed E-state index contributed by atoms with van der Waals surface area (Å²) >= 11 is 0. The van der Waals surface area contributed by atoms with Crippen LogP contribution in [0.25, 0.3) is 6.08 Å². The minimum atomic E-state index is -0.621. The second-order valence-corrected chi connectivity index (χ2v) is 3.99. The fourth-order valence-corrected chi connectivity index (χ4v) is 1.71. The van der Waals surface area contributed by atoms with Crippen molar-refractivity contribution in [3.8, 4) is 0 Å². The van der Waals surface area contributed by atoms with Gasteiger partial charge in [0.1, 0.15) is 5.82 Å². The van der Waals surface area contributed by atoms with Crippen LogP contribution in [0.5, 0.6) is 0 Å². The second-order valence-electron chi connectivity index (χ2n) is 3.99. The van der Waals surface area contributed by atoms with Crippen LogP contribution < -0.4 is 0 Å². The summed E-state index contributed by atoms with van der Waals surface area (Å²) in [6.07, 6.45) is 2.43. The zero-order chi connectivity index (χ0) is 14.5. The summed E-state index contributed by atoms with van der Waals surface area (Å²) in [4.78, 5) is 22.1. The summed E-state index contributed by atoms with van der Waals surface area (Å²) < 4.78 is 13.4. The van der Waals surface area contributed by atoms with Crippen molar-refractivity contribution >= 4 is 17.5 Å². The number of nitro benzene ring substituents is 1. The Balaban J connectivity index is 2.30. The van der Waals surface area contributed by atoms with Gasteiger partial charge in [0.2, 0.25) is 0 Å². The highest BCUT2D eigenvalue weighted by Gasteiger charge is 2.16. The molecule has 0 amide bonds. The SMILES string of the molecule is O=C(C=Cc1ccccc1F)c1ccccc1[N+](=O)[O-]. The minimum absolute atomic E-state index is 0.0231. The molecule has 0 unspecified atom stereocenters. The van der Waals surface area contributed by atoms with Crippen LogP contribution in [0.1, 0.15) is 15.9 Å². The Labute approximate surface area is 114 Å². The normalized spacial score (nSPS) is 10.7. The summed E-state index contributed by atoms with van der Waals surface area (Å²) in [5.74, 6) is -1.00. The van der Waals surface area contributed by atoms with Gasteiger partial charge in [-0.25, -0.2) is 4.39 Å². The first kappa shape index (κ1) is 13.6. The monoisotopic (exact) mass is 271 g/mol. The molecule has 0 aliphatic heterocycles. The summed E-state index contributed by atoms with van der Waals surface area (Å²) in [5.41, 5.74) is -0.0415. The van der Waals surface area contributed by atoms with Crippen LogP contribution in [-0.4, -0.2) is 10.7 Å². The van der Waals surface area contributed by atoms with Gasteiger partial charge in [-0.15, -0.1) is 0 Å². The standard InChI is InChI=1S/C15H10FNO3/c16-13-7-3-1-5-11(13)9-10-15(18)12-6-2-4-8-14(12)17(19)20/h1-10H. The lowest BCUT2D eigenvalue weighted by Gasteiger charge is -1.98. The zero-order valence-electron chi connectivity index (χ0n) is 10.3. The minimum Gasteiger partial charge on any atom is -0.289 e. The van der Waals surface area contributed by atoms with Crippen molar-refractivity contribution in [1.29, 1.82) is 0 Å². The summed E-state index contributed by atoms with van der Waals surface area (Å²) in [6, 6.07) is 11.6. The second kappa shape index (κ2) is 5.88. The molecule has 100 valence electrons. The molecule has 0 radical (unpaired) electrons. The molecule has 20 heavy (non-hydrogen) atoms. The summed E-state index contributed by atoms with van der Waals surface area (Å²) in [7, 11) is 0. The van der Waals surface area contributed by atoms with Crippen molar-refractivity contribution in [2.75, 3.05) is 0 Å². The van der Waals surface area contributed by atoms with Gasteiger partial charge in [0.05, 0.1) is 10.5 Å². The highest BCUT2D eigenvalue weighted by atomic mass is 19.1. The molecule has 0 atom stereocenters. The molecule has 0 N–H and O–H groups in total. The van der Waals surface area contributed by atoms with E-state index < -0.39 is 16.5 Å². The predicted octanol–water partition coefficient (Wildman–Crippen LogP) is 3.63. The molecule has 0 saturated carbocycles. The van der Waals surface area contributed by atoms with Crippen molar-refractivity contribution in [1.82, 2.24) is 0 Å². The Morgan fingerprint density at radius 2 is 1.75 bits per heavy atom. The maximum atomic E-state index is 13.4. The Morgan fingerprint density at radius 3 is 2.45 bits per heavy atom. The summed E-state index contributed by atoms with van der Waals surface area (Å²) in [6.45, 7) is 0. The fraction of sp³-hybridized carbons (Fsp3) is 0. The number of para-hydroxylation sites is 1. The van der Waals surface area contributed by atoms with E-state index in [9.17, 15) is 19.3 Å². The lowest BCUT2D eigenvalue weighted by atomic mass is 10.1. The lowest BCUT2D eigenvalue weighted by Crippen LogP contribution is -2.00. The predicted molar refractivity (Wildman–Crippen MR) is 72.9 cm³/mol. The molecule has 2 rings (SSSR count). The lowest BCUT2D eigenvalue weighted by molar-refractivity contribution is -0.385. The molecule has 0 spiro atoms.